The predicted octanol–water partition coefficient (Wildman–Crippen LogP) is 2.34. The van der Waals surface area contributed by atoms with E-state index >= 15 is 0 Å². The molecule has 1 saturated heterocycles. The molecule has 0 spiro atoms. The van der Waals surface area contributed by atoms with Crippen LogP contribution in [0, 0.1) is 5.92 Å². The lowest BCUT2D eigenvalue weighted by molar-refractivity contribution is -0.0565. The van der Waals surface area contributed by atoms with Crippen molar-refractivity contribution in [3.8, 4) is 5.75 Å². The van der Waals surface area contributed by atoms with Crippen LogP contribution in [0.25, 0.3) is 0 Å². The van der Waals surface area contributed by atoms with Gasteiger partial charge in [-0.05, 0) is 36.5 Å². The molecule has 100 valence electrons. The quantitative estimate of drug-likeness (QED) is 0.890. The fourth-order valence-electron chi connectivity index (χ4n) is 2.17. The summed E-state index contributed by atoms with van der Waals surface area (Å²) in [5.74, 6) is 1.77. The number of hydrogen-bond acceptors (Lipinski definition) is 3. The van der Waals surface area contributed by atoms with E-state index in [0.717, 1.165) is 31.4 Å². The van der Waals surface area contributed by atoms with Gasteiger partial charge >= 0.3 is 0 Å². The Morgan fingerprint density at radius 1 is 1.22 bits per heavy atom. The van der Waals surface area contributed by atoms with Crippen LogP contribution < -0.4 is 10.1 Å². The molecular weight excluding hydrogens is 250 g/mol. The molecule has 18 heavy (non-hydrogen) atoms. The maximum atomic E-state index is 5.73. The summed E-state index contributed by atoms with van der Waals surface area (Å²) < 4.78 is 11.3. The van der Waals surface area contributed by atoms with Gasteiger partial charge in [0.15, 0.2) is 0 Å². The van der Waals surface area contributed by atoms with E-state index in [-0.39, 0.29) is 18.0 Å². The number of benzene rings is 1. The largest absolute Gasteiger partial charge is 0.493 e. The molecule has 1 aliphatic heterocycles. The van der Waals surface area contributed by atoms with E-state index in [1.165, 1.54) is 18.4 Å². The lowest BCUT2D eigenvalue weighted by atomic mass is 9.88. The molecule has 3 rings (SSSR count). The van der Waals surface area contributed by atoms with Crippen molar-refractivity contribution < 1.29 is 9.47 Å². The first-order valence-electron chi connectivity index (χ1n) is 6.32. The van der Waals surface area contributed by atoms with Gasteiger partial charge in [-0.3, -0.25) is 0 Å². The number of methoxy groups -OCH3 is 1. The smallest absolute Gasteiger partial charge is 0.119 e. The molecule has 2 aliphatic rings. The summed E-state index contributed by atoms with van der Waals surface area (Å²) in [5, 5.41) is 3.26. The van der Waals surface area contributed by atoms with Crippen LogP contribution in [0.4, 0.5) is 0 Å². The summed E-state index contributed by atoms with van der Waals surface area (Å²) in [4.78, 5) is 0. The van der Waals surface area contributed by atoms with Crippen molar-refractivity contribution in [2.75, 3.05) is 26.8 Å². The van der Waals surface area contributed by atoms with Gasteiger partial charge in [-0.25, -0.2) is 0 Å². The number of hydrogen-bond donors (Lipinski definition) is 1. The minimum absolute atomic E-state index is 0. The van der Waals surface area contributed by atoms with E-state index in [0.29, 0.717) is 0 Å². The molecule has 1 saturated carbocycles. The van der Waals surface area contributed by atoms with Gasteiger partial charge in [0.25, 0.3) is 0 Å². The highest BCUT2D eigenvalue weighted by Gasteiger charge is 2.38. The fraction of sp³-hybridized carbons (Fsp3) is 0.571. The Balaban J connectivity index is 0.00000120. The van der Waals surface area contributed by atoms with Crippen LogP contribution in [0.1, 0.15) is 18.4 Å². The molecule has 1 N–H and O–H groups in total. The van der Waals surface area contributed by atoms with Gasteiger partial charge in [0.05, 0.1) is 6.61 Å². The molecule has 3 nitrogen and oxygen atoms in total. The number of halogens is 1. The monoisotopic (exact) mass is 269 g/mol. The van der Waals surface area contributed by atoms with E-state index in [2.05, 4.69) is 29.6 Å². The van der Waals surface area contributed by atoms with Crippen LogP contribution >= 0.6 is 12.4 Å². The van der Waals surface area contributed by atoms with Gasteiger partial charge in [0.2, 0.25) is 0 Å². The van der Waals surface area contributed by atoms with Crippen molar-refractivity contribution in [3.05, 3.63) is 29.8 Å². The zero-order valence-electron chi connectivity index (χ0n) is 10.6. The first-order valence-corrected chi connectivity index (χ1v) is 6.32. The Bertz CT molecular complexity index is 380. The summed E-state index contributed by atoms with van der Waals surface area (Å²) in [6.07, 6.45) is 2.66. The molecule has 1 aliphatic carbocycles. The first kappa shape index (κ1) is 13.7. The maximum Gasteiger partial charge on any atom is 0.119 e. The Morgan fingerprint density at radius 3 is 2.33 bits per heavy atom. The van der Waals surface area contributed by atoms with Crippen LogP contribution in [0.15, 0.2) is 24.3 Å². The molecule has 4 heteroatoms. The number of ether oxygens (including phenoxy) is 2. The third kappa shape index (κ3) is 2.63. The van der Waals surface area contributed by atoms with E-state index < -0.39 is 0 Å². The highest BCUT2D eigenvalue weighted by Crippen LogP contribution is 2.32. The van der Waals surface area contributed by atoms with E-state index in [9.17, 15) is 0 Å². The first-order chi connectivity index (χ1) is 8.32. The average molecular weight is 270 g/mol. The molecule has 2 fully saturated rings. The molecule has 0 bridgehead atoms. The standard InChI is InChI=1S/C14H19NO2.ClH/c1-16-14(9-15-10-14)12-4-6-13(7-5-12)17-8-11-2-3-11;/h4-7,11,15H,2-3,8-10H2,1H3;1H. The lowest BCUT2D eigenvalue weighted by Gasteiger charge is -2.41. The zero-order chi connectivity index (χ0) is 11.7. The molecule has 0 unspecified atom stereocenters. The molecule has 1 aromatic rings. The Labute approximate surface area is 114 Å². The SMILES string of the molecule is COC1(c2ccc(OCC3CC3)cc2)CNC1.Cl. The highest BCUT2D eigenvalue weighted by molar-refractivity contribution is 5.85. The van der Waals surface area contributed by atoms with Gasteiger partial charge in [-0.15, -0.1) is 12.4 Å². The Hall–Kier alpha value is -0.770. The maximum absolute atomic E-state index is 5.73. The predicted molar refractivity (Wildman–Crippen MR) is 73.5 cm³/mol. The van der Waals surface area contributed by atoms with E-state index in [1.807, 2.05) is 0 Å². The van der Waals surface area contributed by atoms with Crippen molar-refractivity contribution in [2.45, 2.75) is 18.4 Å². The second-order valence-electron chi connectivity index (χ2n) is 5.08. The van der Waals surface area contributed by atoms with Crippen LogP contribution in [-0.4, -0.2) is 26.8 Å². The third-order valence-corrected chi connectivity index (χ3v) is 3.77. The molecule has 0 aromatic heterocycles. The molecule has 1 aromatic carbocycles. The van der Waals surface area contributed by atoms with Crippen LogP contribution in [0.2, 0.25) is 0 Å². The highest BCUT2D eigenvalue weighted by atomic mass is 35.5. The summed E-state index contributed by atoms with van der Waals surface area (Å²) in [7, 11) is 1.78. The van der Waals surface area contributed by atoms with Crippen LogP contribution in [-0.2, 0) is 10.3 Å². The summed E-state index contributed by atoms with van der Waals surface area (Å²) in [6.45, 7) is 2.66. The molecular formula is C14H20ClNO2. The van der Waals surface area contributed by atoms with Crippen molar-refractivity contribution in [1.82, 2.24) is 5.32 Å². The molecule has 0 amide bonds. The second-order valence-corrected chi connectivity index (χ2v) is 5.08. The third-order valence-electron chi connectivity index (χ3n) is 3.77. The second kappa shape index (κ2) is 5.47. The van der Waals surface area contributed by atoms with Crippen molar-refractivity contribution in [3.63, 3.8) is 0 Å². The van der Waals surface area contributed by atoms with Crippen molar-refractivity contribution in [1.29, 1.82) is 0 Å². The Kier molecular flexibility index (Phi) is 4.15. The summed E-state index contributed by atoms with van der Waals surface area (Å²) in [6, 6.07) is 8.34. The Morgan fingerprint density at radius 2 is 1.89 bits per heavy atom. The van der Waals surface area contributed by atoms with Crippen LogP contribution in [0.5, 0.6) is 5.75 Å². The van der Waals surface area contributed by atoms with Crippen LogP contribution in [0.3, 0.4) is 0 Å². The minimum atomic E-state index is -0.116. The van der Waals surface area contributed by atoms with Gasteiger partial charge in [-0.2, -0.15) is 0 Å². The fourth-order valence-corrected chi connectivity index (χ4v) is 2.17. The normalized spacial score (nSPS) is 20.7. The topological polar surface area (TPSA) is 30.5 Å². The molecule has 1 heterocycles. The molecule has 0 atom stereocenters. The summed E-state index contributed by atoms with van der Waals surface area (Å²) in [5.41, 5.74) is 1.12. The van der Waals surface area contributed by atoms with Gasteiger partial charge in [0.1, 0.15) is 11.4 Å². The summed E-state index contributed by atoms with van der Waals surface area (Å²) >= 11 is 0. The zero-order valence-corrected chi connectivity index (χ0v) is 11.5. The van der Waals surface area contributed by atoms with Crippen molar-refractivity contribution >= 4 is 12.4 Å². The van der Waals surface area contributed by atoms with Crippen molar-refractivity contribution in [2.24, 2.45) is 5.92 Å². The number of nitrogens with one attached hydrogen (secondary N) is 1. The van der Waals surface area contributed by atoms with Gasteiger partial charge in [-0.1, -0.05) is 12.1 Å². The minimum Gasteiger partial charge on any atom is -0.493 e. The van der Waals surface area contributed by atoms with Gasteiger partial charge < -0.3 is 14.8 Å². The van der Waals surface area contributed by atoms with E-state index in [1.54, 1.807) is 7.11 Å². The molecule has 0 radical (unpaired) electrons. The van der Waals surface area contributed by atoms with Gasteiger partial charge in [0, 0.05) is 20.2 Å². The lowest BCUT2D eigenvalue weighted by Crippen LogP contribution is -2.57. The number of rotatable bonds is 5. The average Bonchev–Trinajstić information content (AvgIpc) is 3.11. The van der Waals surface area contributed by atoms with E-state index in [4.69, 9.17) is 9.47 Å².